The Morgan fingerprint density at radius 1 is 1.00 bits per heavy atom. The number of carbonyl (C=O) groups excluding carboxylic acids is 1. The van der Waals surface area contributed by atoms with E-state index in [9.17, 15) is 9.18 Å². The molecule has 5 heteroatoms. The van der Waals surface area contributed by atoms with E-state index >= 15 is 0 Å². The fourth-order valence-corrected chi connectivity index (χ4v) is 6.05. The smallest absolute Gasteiger partial charge is 0.254 e. The highest BCUT2D eigenvalue weighted by atomic mass is 19.1. The molecule has 1 saturated heterocycles. The van der Waals surface area contributed by atoms with Gasteiger partial charge in [0.25, 0.3) is 5.91 Å². The summed E-state index contributed by atoms with van der Waals surface area (Å²) in [6.45, 7) is 5.54. The van der Waals surface area contributed by atoms with E-state index in [0.29, 0.717) is 23.9 Å². The molecule has 5 rings (SSSR count). The van der Waals surface area contributed by atoms with Crippen LogP contribution in [0.5, 0.6) is 0 Å². The molecule has 2 aliphatic rings. The predicted molar refractivity (Wildman–Crippen MR) is 136 cm³/mol. The first-order chi connectivity index (χ1) is 17.1. The van der Waals surface area contributed by atoms with Gasteiger partial charge in [-0.25, -0.2) is 4.39 Å². The molecule has 4 nitrogen and oxygen atoms in total. The van der Waals surface area contributed by atoms with Crippen molar-refractivity contribution in [3.8, 4) is 0 Å². The van der Waals surface area contributed by atoms with Crippen LogP contribution in [0.3, 0.4) is 0 Å². The Morgan fingerprint density at radius 2 is 1.77 bits per heavy atom. The van der Waals surface area contributed by atoms with Gasteiger partial charge in [0.2, 0.25) is 0 Å². The molecule has 35 heavy (non-hydrogen) atoms. The van der Waals surface area contributed by atoms with Crippen LogP contribution >= 0.6 is 0 Å². The fourth-order valence-electron chi connectivity index (χ4n) is 6.05. The average molecular weight is 475 g/mol. The number of amides is 1. The van der Waals surface area contributed by atoms with Crippen LogP contribution in [0.2, 0.25) is 0 Å². The summed E-state index contributed by atoms with van der Waals surface area (Å²) in [6.07, 6.45) is 7.38. The Labute approximate surface area is 207 Å². The molecule has 1 aliphatic carbocycles. The highest BCUT2D eigenvalue weighted by Crippen LogP contribution is 2.37. The third-order valence-corrected chi connectivity index (χ3v) is 7.86. The standard InChI is InChI=1S/C30H35FN2O2/c1-22-8-5-6-12-28(22)29-21-32(20-27-11-7-17-35-27)18-24(29)19-33(26-9-3-2-4-10-26)30(34)23-13-15-25(31)16-14-23/h5-8,11-17,24,26,29H,2-4,9-10,18-21H2,1H3/t24-,29+/m0/s1. The summed E-state index contributed by atoms with van der Waals surface area (Å²) in [6, 6.07) is 18.9. The maximum Gasteiger partial charge on any atom is 0.254 e. The Kier molecular flexibility index (Phi) is 7.33. The highest BCUT2D eigenvalue weighted by Gasteiger charge is 2.38. The molecule has 0 spiro atoms. The number of furan rings is 1. The van der Waals surface area contributed by atoms with Crippen molar-refractivity contribution in [3.63, 3.8) is 0 Å². The topological polar surface area (TPSA) is 36.7 Å². The lowest BCUT2D eigenvalue weighted by atomic mass is 9.85. The van der Waals surface area contributed by atoms with Gasteiger partial charge in [0.1, 0.15) is 11.6 Å². The molecule has 0 radical (unpaired) electrons. The molecule has 0 N–H and O–H groups in total. The largest absolute Gasteiger partial charge is 0.468 e. The van der Waals surface area contributed by atoms with Crippen molar-refractivity contribution >= 4 is 5.91 Å². The number of likely N-dealkylation sites (tertiary alicyclic amines) is 1. The monoisotopic (exact) mass is 474 g/mol. The number of rotatable bonds is 7. The lowest BCUT2D eigenvalue weighted by Gasteiger charge is -2.37. The van der Waals surface area contributed by atoms with Crippen molar-refractivity contribution in [2.75, 3.05) is 19.6 Å². The zero-order valence-corrected chi connectivity index (χ0v) is 20.5. The second-order valence-corrected chi connectivity index (χ2v) is 10.3. The number of hydrogen-bond acceptors (Lipinski definition) is 3. The summed E-state index contributed by atoms with van der Waals surface area (Å²) in [5.41, 5.74) is 3.25. The van der Waals surface area contributed by atoms with Crippen LogP contribution in [0, 0.1) is 18.7 Å². The molecule has 0 bridgehead atoms. The van der Waals surface area contributed by atoms with E-state index in [2.05, 4.69) is 41.0 Å². The number of halogens is 1. The number of benzene rings is 2. The van der Waals surface area contributed by atoms with E-state index in [1.165, 1.54) is 29.7 Å². The Bertz CT molecular complexity index is 1110. The minimum atomic E-state index is -0.310. The molecule has 2 fully saturated rings. The van der Waals surface area contributed by atoms with Crippen molar-refractivity contribution in [2.24, 2.45) is 5.92 Å². The van der Waals surface area contributed by atoms with Crippen molar-refractivity contribution < 1.29 is 13.6 Å². The zero-order chi connectivity index (χ0) is 24.2. The van der Waals surface area contributed by atoms with E-state index in [4.69, 9.17) is 4.42 Å². The van der Waals surface area contributed by atoms with Gasteiger partial charge in [-0.2, -0.15) is 0 Å². The maximum atomic E-state index is 13.8. The second kappa shape index (κ2) is 10.8. The van der Waals surface area contributed by atoms with Gasteiger partial charge in [-0.05, 0) is 73.2 Å². The first-order valence-corrected chi connectivity index (χ1v) is 13.0. The van der Waals surface area contributed by atoms with Crippen molar-refractivity contribution in [3.05, 3.63) is 95.2 Å². The molecule has 1 amide bonds. The molecular formula is C30H35FN2O2. The molecule has 1 aromatic heterocycles. The molecule has 1 aliphatic heterocycles. The molecular weight excluding hydrogens is 439 g/mol. The molecule has 0 unspecified atom stereocenters. The lowest BCUT2D eigenvalue weighted by molar-refractivity contribution is 0.0587. The molecule has 3 aromatic rings. The molecule has 1 saturated carbocycles. The summed E-state index contributed by atoms with van der Waals surface area (Å²) >= 11 is 0. The number of nitrogens with zero attached hydrogens (tertiary/aromatic N) is 2. The van der Waals surface area contributed by atoms with Gasteiger partial charge in [-0.3, -0.25) is 9.69 Å². The average Bonchev–Trinajstić information content (AvgIpc) is 3.53. The van der Waals surface area contributed by atoms with Gasteiger partial charge < -0.3 is 9.32 Å². The quantitative estimate of drug-likeness (QED) is 0.397. The van der Waals surface area contributed by atoms with Crippen molar-refractivity contribution in [2.45, 2.75) is 57.5 Å². The van der Waals surface area contributed by atoms with Crippen molar-refractivity contribution in [1.29, 1.82) is 0 Å². The minimum absolute atomic E-state index is 0.0323. The van der Waals surface area contributed by atoms with E-state index in [1.54, 1.807) is 18.4 Å². The molecule has 2 aromatic carbocycles. The zero-order valence-electron chi connectivity index (χ0n) is 20.5. The molecule has 2 atom stereocenters. The van der Waals surface area contributed by atoms with Gasteiger partial charge >= 0.3 is 0 Å². The van der Waals surface area contributed by atoms with Gasteiger partial charge in [0.15, 0.2) is 0 Å². The number of carbonyl (C=O) groups is 1. The van der Waals surface area contributed by atoms with E-state index in [-0.39, 0.29) is 17.8 Å². The molecule has 2 heterocycles. The summed E-state index contributed by atoms with van der Waals surface area (Å²) in [7, 11) is 0. The highest BCUT2D eigenvalue weighted by molar-refractivity contribution is 5.94. The maximum absolute atomic E-state index is 13.8. The fraction of sp³-hybridized carbons (Fsp3) is 0.433. The predicted octanol–water partition coefficient (Wildman–Crippen LogP) is 6.42. The van der Waals surface area contributed by atoms with Gasteiger partial charge in [0.05, 0.1) is 12.8 Å². The normalized spacial score (nSPS) is 21.3. The van der Waals surface area contributed by atoms with Crippen LogP contribution < -0.4 is 0 Å². The lowest BCUT2D eigenvalue weighted by Crippen LogP contribution is -2.45. The Hall–Kier alpha value is -2.92. The summed E-state index contributed by atoms with van der Waals surface area (Å²) in [4.78, 5) is 18.4. The summed E-state index contributed by atoms with van der Waals surface area (Å²) in [5.74, 6) is 1.36. The summed E-state index contributed by atoms with van der Waals surface area (Å²) in [5, 5.41) is 0. The third kappa shape index (κ3) is 5.51. The minimum Gasteiger partial charge on any atom is -0.468 e. The molecule has 184 valence electrons. The van der Waals surface area contributed by atoms with E-state index in [0.717, 1.165) is 51.1 Å². The van der Waals surface area contributed by atoms with Crippen molar-refractivity contribution in [1.82, 2.24) is 9.80 Å². The first-order valence-electron chi connectivity index (χ1n) is 13.0. The van der Waals surface area contributed by atoms with Crippen LogP contribution in [0.15, 0.2) is 71.3 Å². The first kappa shape index (κ1) is 23.8. The van der Waals surface area contributed by atoms with E-state index in [1.807, 2.05) is 12.1 Å². The Balaban J connectivity index is 1.43. The van der Waals surface area contributed by atoms with Gasteiger partial charge in [-0.1, -0.05) is 43.5 Å². The van der Waals surface area contributed by atoms with Gasteiger partial charge in [0, 0.05) is 37.2 Å². The second-order valence-electron chi connectivity index (χ2n) is 10.3. The summed E-state index contributed by atoms with van der Waals surface area (Å²) < 4.78 is 19.2. The number of aryl methyl sites for hydroxylation is 1. The van der Waals surface area contributed by atoms with Crippen LogP contribution in [-0.4, -0.2) is 41.4 Å². The van der Waals surface area contributed by atoms with Crippen LogP contribution in [0.1, 0.15) is 65.3 Å². The van der Waals surface area contributed by atoms with Crippen LogP contribution in [-0.2, 0) is 6.54 Å². The van der Waals surface area contributed by atoms with Gasteiger partial charge in [-0.15, -0.1) is 0 Å². The SMILES string of the molecule is Cc1ccccc1[C@@H]1CN(Cc2ccco2)C[C@H]1CN(C(=O)c1ccc(F)cc1)C1CCCCC1. The third-order valence-electron chi connectivity index (χ3n) is 7.86. The van der Waals surface area contributed by atoms with Crippen LogP contribution in [0.4, 0.5) is 4.39 Å². The Morgan fingerprint density at radius 3 is 2.49 bits per heavy atom. The van der Waals surface area contributed by atoms with Crippen LogP contribution in [0.25, 0.3) is 0 Å². The number of hydrogen-bond donors (Lipinski definition) is 0. The van der Waals surface area contributed by atoms with E-state index < -0.39 is 0 Å².